The van der Waals surface area contributed by atoms with Gasteiger partial charge in [-0.3, -0.25) is 4.79 Å². The van der Waals surface area contributed by atoms with Gasteiger partial charge in [-0.05, 0) is 49.1 Å². The summed E-state index contributed by atoms with van der Waals surface area (Å²) in [6, 6.07) is 10.8. The smallest absolute Gasteiger partial charge is 0.133 e. The number of hydrogen-bond donors (Lipinski definition) is 0. The average molecular weight is 340 g/mol. The summed E-state index contributed by atoms with van der Waals surface area (Å²) in [6.45, 7) is 0.866. The molecule has 126 valence electrons. The second kappa shape index (κ2) is 7.90. The van der Waals surface area contributed by atoms with Crippen LogP contribution in [0.15, 0.2) is 24.3 Å². The third-order valence-corrected chi connectivity index (χ3v) is 5.74. The number of benzene rings is 1. The van der Waals surface area contributed by atoms with E-state index in [1.165, 1.54) is 11.1 Å². The summed E-state index contributed by atoms with van der Waals surface area (Å²) in [5, 5.41) is 9.14. The number of rotatable bonds is 5. The molecule has 1 aliphatic heterocycles. The van der Waals surface area contributed by atoms with Crippen molar-refractivity contribution in [2.75, 3.05) is 6.54 Å². The molecule has 0 N–H and O–H groups in total. The number of carbonyl (C=O) groups is 1. The predicted molar refractivity (Wildman–Crippen MR) is 98.8 cm³/mol. The third kappa shape index (κ3) is 4.02. The van der Waals surface area contributed by atoms with Crippen LogP contribution >= 0.6 is 12.2 Å². The molecule has 1 aromatic rings. The fourth-order valence-electron chi connectivity index (χ4n) is 3.96. The van der Waals surface area contributed by atoms with E-state index in [0.717, 1.165) is 43.6 Å². The zero-order valence-electron chi connectivity index (χ0n) is 14.0. The number of carbonyl (C=O) groups excluding carboxylic acids is 1. The maximum atomic E-state index is 12.4. The predicted octanol–water partition coefficient (Wildman–Crippen LogP) is 3.85. The monoisotopic (exact) mass is 340 g/mol. The van der Waals surface area contributed by atoms with Crippen molar-refractivity contribution in [1.29, 1.82) is 5.26 Å². The van der Waals surface area contributed by atoms with Gasteiger partial charge in [0.1, 0.15) is 11.8 Å². The van der Waals surface area contributed by atoms with E-state index in [1.54, 1.807) is 0 Å². The van der Waals surface area contributed by atoms with Crippen LogP contribution in [-0.2, 0) is 17.6 Å². The summed E-state index contributed by atoms with van der Waals surface area (Å²) >= 11 is 5.45. The van der Waals surface area contributed by atoms with Gasteiger partial charge >= 0.3 is 0 Å². The van der Waals surface area contributed by atoms with Crippen LogP contribution in [0.4, 0.5) is 0 Å². The molecule has 1 fully saturated rings. The van der Waals surface area contributed by atoms with Crippen molar-refractivity contribution in [1.82, 2.24) is 4.90 Å². The largest absolute Gasteiger partial charge is 0.350 e. The standard InChI is InChI=1S/C20H24N2OS/c21-14-18-6-3-11-22(18)20(24)10-9-19(23)13-15-7-8-16-4-1-2-5-17(16)12-15/h1-2,4-5,15,18H,3,6-13H2/t15-,18-/m0/s1. The Morgan fingerprint density at radius 3 is 2.83 bits per heavy atom. The Morgan fingerprint density at radius 2 is 2.04 bits per heavy atom. The normalized spacial score (nSPS) is 22.7. The molecule has 24 heavy (non-hydrogen) atoms. The highest BCUT2D eigenvalue weighted by molar-refractivity contribution is 7.80. The maximum absolute atomic E-state index is 12.4. The summed E-state index contributed by atoms with van der Waals surface area (Å²) in [6.07, 6.45) is 6.94. The van der Waals surface area contributed by atoms with Gasteiger partial charge in [0.2, 0.25) is 0 Å². The minimum absolute atomic E-state index is 0.0811. The summed E-state index contributed by atoms with van der Waals surface area (Å²) in [7, 11) is 0. The Morgan fingerprint density at radius 1 is 1.25 bits per heavy atom. The number of nitriles is 1. The van der Waals surface area contributed by atoms with E-state index in [4.69, 9.17) is 17.5 Å². The van der Waals surface area contributed by atoms with E-state index < -0.39 is 0 Å². The number of ketones is 1. The molecule has 0 saturated carbocycles. The van der Waals surface area contributed by atoms with Gasteiger partial charge in [0, 0.05) is 25.8 Å². The van der Waals surface area contributed by atoms with Crippen LogP contribution in [-0.4, -0.2) is 28.3 Å². The second-order valence-electron chi connectivity index (χ2n) is 6.99. The lowest BCUT2D eigenvalue weighted by Crippen LogP contribution is -2.33. The molecule has 2 aliphatic rings. The van der Waals surface area contributed by atoms with Crippen LogP contribution in [0.2, 0.25) is 0 Å². The molecular weight excluding hydrogens is 316 g/mol. The van der Waals surface area contributed by atoms with Crippen molar-refractivity contribution >= 4 is 23.0 Å². The highest BCUT2D eigenvalue weighted by Gasteiger charge is 2.26. The molecule has 3 rings (SSSR count). The van der Waals surface area contributed by atoms with Gasteiger partial charge in [-0.15, -0.1) is 0 Å². The molecule has 0 radical (unpaired) electrons. The van der Waals surface area contributed by atoms with Crippen molar-refractivity contribution in [2.24, 2.45) is 5.92 Å². The van der Waals surface area contributed by atoms with Gasteiger partial charge in [-0.2, -0.15) is 5.26 Å². The van der Waals surface area contributed by atoms with Crippen LogP contribution in [0.1, 0.15) is 49.7 Å². The molecule has 0 amide bonds. The highest BCUT2D eigenvalue weighted by Crippen LogP contribution is 2.28. The summed E-state index contributed by atoms with van der Waals surface area (Å²) in [5.74, 6) is 0.786. The lowest BCUT2D eigenvalue weighted by Gasteiger charge is -2.24. The van der Waals surface area contributed by atoms with E-state index in [2.05, 4.69) is 30.3 Å². The van der Waals surface area contributed by atoms with Crippen molar-refractivity contribution in [2.45, 2.75) is 57.4 Å². The van der Waals surface area contributed by atoms with Crippen molar-refractivity contribution in [3.63, 3.8) is 0 Å². The Hall–Kier alpha value is -1.73. The molecule has 0 spiro atoms. The number of nitrogens with zero attached hydrogens (tertiary/aromatic N) is 2. The van der Waals surface area contributed by atoms with Crippen LogP contribution < -0.4 is 0 Å². The molecule has 2 atom stereocenters. The van der Waals surface area contributed by atoms with E-state index in [1.807, 2.05) is 4.90 Å². The van der Waals surface area contributed by atoms with Crippen LogP contribution in [0, 0.1) is 17.2 Å². The van der Waals surface area contributed by atoms with Crippen molar-refractivity contribution in [3.05, 3.63) is 35.4 Å². The first-order valence-electron chi connectivity index (χ1n) is 8.95. The number of Topliss-reactive ketones (excluding diaryl/α,β-unsaturated/α-hetero) is 1. The van der Waals surface area contributed by atoms with Gasteiger partial charge in [-0.25, -0.2) is 0 Å². The first kappa shape index (κ1) is 17.1. The molecule has 1 saturated heterocycles. The highest BCUT2D eigenvalue weighted by atomic mass is 32.1. The number of thiocarbonyl (C=S) groups is 1. The fraction of sp³-hybridized carbons (Fsp3) is 0.550. The number of likely N-dealkylation sites (tertiary alicyclic amines) is 1. The van der Waals surface area contributed by atoms with Crippen molar-refractivity contribution < 1.29 is 4.79 Å². The van der Waals surface area contributed by atoms with Crippen LogP contribution in [0.5, 0.6) is 0 Å². The van der Waals surface area contributed by atoms with Gasteiger partial charge in [0.05, 0.1) is 11.1 Å². The summed E-state index contributed by atoms with van der Waals surface area (Å²) in [5.41, 5.74) is 2.85. The minimum atomic E-state index is -0.0811. The third-order valence-electron chi connectivity index (χ3n) is 5.31. The van der Waals surface area contributed by atoms with Crippen LogP contribution in [0.3, 0.4) is 0 Å². The molecule has 0 unspecified atom stereocenters. The number of hydrogen-bond acceptors (Lipinski definition) is 3. The molecule has 4 heteroatoms. The zero-order valence-corrected chi connectivity index (χ0v) is 14.9. The van der Waals surface area contributed by atoms with E-state index in [-0.39, 0.29) is 6.04 Å². The van der Waals surface area contributed by atoms with Crippen molar-refractivity contribution in [3.8, 4) is 6.07 Å². The molecular formula is C20H24N2OS. The molecule has 3 nitrogen and oxygen atoms in total. The Kier molecular flexibility index (Phi) is 5.63. The van der Waals surface area contributed by atoms with Gasteiger partial charge in [0.25, 0.3) is 0 Å². The molecule has 0 bridgehead atoms. The van der Waals surface area contributed by atoms with Gasteiger partial charge in [-0.1, -0.05) is 36.5 Å². The minimum Gasteiger partial charge on any atom is -0.350 e. The fourth-order valence-corrected chi connectivity index (χ4v) is 4.28. The van der Waals surface area contributed by atoms with E-state index in [0.29, 0.717) is 31.0 Å². The SMILES string of the molecule is N#C[C@@H]1CCCN1C(=S)CCC(=O)C[C@H]1CCc2ccccc2C1. The van der Waals surface area contributed by atoms with Crippen LogP contribution in [0.25, 0.3) is 0 Å². The lowest BCUT2D eigenvalue weighted by molar-refractivity contribution is -0.119. The van der Waals surface area contributed by atoms with Gasteiger partial charge < -0.3 is 4.90 Å². The first-order chi connectivity index (χ1) is 11.7. The number of aryl methyl sites for hydroxylation is 1. The Balaban J connectivity index is 1.45. The summed E-state index contributed by atoms with van der Waals surface area (Å²) < 4.78 is 0. The lowest BCUT2D eigenvalue weighted by atomic mass is 9.81. The Labute approximate surface area is 149 Å². The first-order valence-corrected chi connectivity index (χ1v) is 9.35. The van der Waals surface area contributed by atoms with E-state index >= 15 is 0 Å². The maximum Gasteiger partial charge on any atom is 0.133 e. The molecule has 1 heterocycles. The summed E-state index contributed by atoms with van der Waals surface area (Å²) in [4.78, 5) is 15.2. The topological polar surface area (TPSA) is 44.1 Å². The number of fused-ring (bicyclic) bond motifs is 1. The van der Waals surface area contributed by atoms with E-state index in [9.17, 15) is 4.79 Å². The Bertz CT molecular complexity index is 664. The molecule has 1 aliphatic carbocycles. The second-order valence-corrected chi connectivity index (χ2v) is 7.47. The molecule has 0 aromatic heterocycles. The average Bonchev–Trinajstić information content (AvgIpc) is 3.08. The molecule has 1 aromatic carbocycles. The van der Waals surface area contributed by atoms with Gasteiger partial charge in [0.15, 0.2) is 0 Å². The zero-order chi connectivity index (χ0) is 16.9. The quantitative estimate of drug-likeness (QED) is 0.764.